The highest BCUT2D eigenvalue weighted by molar-refractivity contribution is 5.05. The Kier molecular flexibility index (Phi) is 8.64. The Balaban J connectivity index is 2.33. The molecule has 1 unspecified atom stereocenters. The van der Waals surface area contributed by atoms with Gasteiger partial charge in [-0.25, -0.2) is 0 Å². The third kappa shape index (κ3) is 8.97. The van der Waals surface area contributed by atoms with Crippen molar-refractivity contribution in [2.45, 2.75) is 52.5 Å². The molecule has 0 aromatic carbocycles. The number of nitrogens with two attached hydrogens (primary N) is 1. The molecule has 1 saturated heterocycles. The molecule has 1 heterocycles. The minimum Gasteiger partial charge on any atom is -0.405 e. The molecular weight excluding hydrogens is 282 g/mol. The van der Waals surface area contributed by atoms with Crippen LogP contribution in [-0.4, -0.2) is 37.6 Å². The van der Waals surface area contributed by atoms with Gasteiger partial charge in [-0.15, -0.1) is 0 Å². The maximum Gasteiger partial charge on any atom is 0.0252 e. The quantitative estimate of drug-likeness (QED) is 0.529. The molecule has 0 amide bonds. The first-order chi connectivity index (χ1) is 10.8. The van der Waals surface area contributed by atoms with E-state index >= 15 is 0 Å². The predicted molar refractivity (Wildman–Crippen MR) is 102 cm³/mol. The molecule has 3 heteroatoms. The van der Waals surface area contributed by atoms with E-state index in [2.05, 4.69) is 43.6 Å². The van der Waals surface area contributed by atoms with Gasteiger partial charge in [0.15, 0.2) is 0 Å². The molecule has 1 aliphatic heterocycles. The molecule has 0 aromatic rings. The van der Waals surface area contributed by atoms with Crippen LogP contribution in [0, 0.1) is 11.3 Å². The van der Waals surface area contributed by atoms with Gasteiger partial charge in [0.25, 0.3) is 0 Å². The third-order valence-electron chi connectivity index (χ3n) is 4.46. The fourth-order valence-corrected chi connectivity index (χ4v) is 3.42. The van der Waals surface area contributed by atoms with Gasteiger partial charge in [-0.05, 0) is 69.4 Å². The van der Waals surface area contributed by atoms with Crippen molar-refractivity contribution in [1.29, 1.82) is 0 Å². The van der Waals surface area contributed by atoms with Crippen LogP contribution in [0.15, 0.2) is 36.6 Å². The normalized spacial score (nSPS) is 19.7. The number of piperidine rings is 1. The molecule has 0 spiro atoms. The Hall–Kier alpha value is -1.06. The van der Waals surface area contributed by atoms with Crippen molar-refractivity contribution in [2.24, 2.45) is 17.1 Å². The van der Waals surface area contributed by atoms with E-state index in [1.165, 1.54) is 37.9 Å². The average molecular weight is 320 g/mol. The summed E-state index contributed by atoms with van der Waals surface area (Å²) in [4.78, 5) is 2.58. The number of likely N-dealkylation sites (N-methyl/N-ethyl adjacent to an activating group) is 1. The lowest BCUT2D eigenvalue weighted by Crippen LogP contribution is -2.37. The smallest absolute Gasteiger partial charge is 0.0252 e. The Morgan fingerprint density at radius 2 is 1.96 bits per heavy atom. The Morgan fingerprint density at radius 1 is 1.30 bits per heavy atom. The standard InChI is InChI=1S/C20H37N3/c1-17(15-20(2,3)4)16-23-12-9-18(10-13-23)14-19(22-5)8-6-7-11-21/h6-8,11,18-19,22H,1,9-10,12-16,21H2,2-5H3/b8-6-,11-7-. The van der Waals surface area contributed by atoms with Gasteiger partial charge in [0, 0.05) is 12.6 Å². The van der Waals surface area contributed by atoms with Gasteiger partial charge in [0.2, 0.25) is 0 Å². The van der Waals surface area contributed by atoms with Crippen LogP contribution in [0.4, 0.5) is 0 Å². The van der Waals surface area contributed by atoms with Crippen molar-refractivity contribution in [3.8, 4) is 0 Å². The lowest BCUT2D eigenvalue weighted by molar-refractivity contribution is 0.183. The van der Waals surface area contributed by atoms with Gasteiger partial charge in [0.05, 0.1) is 0 Å². The van der Waals surface area contributed by atoms with E-state index in [1.807, 2.05) is 19.2 Å². The van der Waals surface area contributed by atoms with Gasteiger partial charge in [-0.3, -0.25) is 4.90 Å². The zero-order valence-corrected chi connectivity index (χ0v) is 15.6. The van der Waals surface area contributed by atoms with E-state index < -0.39 is 0 Å². The Labute approximate surface area is 143 Å². The van der Waals surface area contributed by atoms with Crippen LogP contribution < -0.4 is 11.1 Å². The van der Waals surface area contributed by atoms with Gasteiger partial charge >= 0.3 is 0 Å². The summed E-state index contributed by atoms with van der Waals surface area (Å²) in [5.74, 6) is 0.811. The van der Waals surface area contributed by atoms with Crippen LogP contribution in [0.1, 0.15) is 46.5 Å². The van der Waals surface area contributed by atoms with Crippen LogP contribution in [0.2, 0.25) is 0 Å². The monoisotopic (exact) mass is 319 g/mol. The van der Waals surface area contributed by atoms with E-state index in [4.69, 9.17) is 5.73 Å². The first-order valence-electron chi connectivity index (χ1n) is 8.95. The summed E-state index contributed by atoms with van der Waals surface area (Å²) in [6, 6.07) is 0.443. The average Bonchev–Trinajstić information content (AvgIpc) is 2.46. The highest BCUT2D eigenvalue weighted by Gasteiger charge is 2.22. The number of allylic oxidation sites excluding steroid dienone is 2. The molecule has 1 aliphatic rings. The molecule has 132 valence electrons. The minimum absolute atomic E-state index is 0.347. The van der Waals surface area contributed by atoms with Crippen molar-refractivity contribution in [3.05, 3.63) is 36.6 Å². The number of nitrogens with zero attached hydrogens (tertiary/aromatic N) is 1. The molecule has 0 bridgehead atoms. The van der Waals surface area contributed by atoms with Crippen LogP contribution in [0.3, 0.4) is 0 Å². The van der Waals surface area contributed by atoms with Gasteiger partial charge in [-0.1, -0.05) is 45.1 Å². The summed E-state index contributed by atoms with van der Waals surface area (Å²) < 4.78 is 0. The Bertz CT molecular complexity index is 396. The summed E-state index contributed by atoms with van der Waals surface area (Å²) in [5.41, 5.74) is 7.09. The number of hydrogen-bond donors (Lipinski definition) is 2. The van der Waals surface area contributed by atoms with Gasteiger partial charge in [-0.2, -0.15) is 0 Å². The van der Waals surface area contributed by atoms with E-state index in [-0.39, 0.29) is 0 Å². The minimum atomic E-state index is 0.347. The summed E-state index contributed by atoms with van der Waals surface area (Å²) >= 11 is 0. The summed E-state index contributed by atoms with van der Waals surface area (Å²) in [6.45, 7) is 14.6. The van der Waals surface area contributed by atoms with E-state index in [9.17, 15) is 0 Å². The van der Waals surface area contributed by atoms with Crippen LogP contribution >= 0.6 is 0 Å². The fraction of sp³-hybridized carbons (Fsp3) is 0.700. The first-order valence-corrected chi connectivity index (χ1v) is 8.95. The second-order valence-corrected chi connectivity index (χ2v) is 8.11. The Morgan fingerprint density at radius 3 is 2.48 bits per heavy atom. The third-order valence-corrected chi connectivity index (χ3v) is 4.46. The molecule has 23 heavy (non-hydrogen) atoms. The molecule has 3 N–H and O–H groups in total. The second kappa shape index (κ2) is 9.94. The highest BCUT2D eigenvalue weighted by atomic mass is 15.1. The molecular formula is C20H37N3. The van der Waals surface area contributed by atoms with E-state index in [1.54, 1.807) is 6.20 Å². The van der Waals surface area contributed by atoms with Crippen molar-refractivity contribution < 1.29 is 0 Å². The second-order valence-electron chi connectivity index (χ2n) is 8.11. The number of nitrogens with one attached hydrogen (secondary N) is 1. The topological polar surface area (TPSA) is 41.3 Å². The van der Waals surface area contributed by atoms with Crippen LogP contribution in [0.5, 0.6) is 0 Å². The van der Waals surface area contributed by atoms with Gasteiger partial charge < -0.3 is 11.1 Å². The van der Waals surface area contributed by atoms with E-state index in [0.29, 0.717) is 11.5 Å². The lowest BCUT2D eigenvalue weighted by Gasteiger charge is -2.34. The van der Waals surface area contributed by atoms with E-state index in [0.717, 1.165) is 18.9 Å². The number of rotatable bonds is 8. The summed E-state index contributed by atoms with van der Waals surface area (Å²) in [6.07, 6.45) is 12.6. The van der Waals surface area contributed by atoms with Crippen molar-refractivity contribution in [2.75, 3.05) is 26.7 Å². The molecule has 1 atom stereocenters. The predicted octanol–water partition coefficient (Wildman–Crippen LogP) is 3.70. The van der Waals surface area contributed by atoms with Crippen LogP contribution in [-0.2, 0) is 0 Å². The zero-order valence-electron chi connectivity index (χ0n) is 15.6. The maximum atomic E-state index is 5.37. The summed E-state index contributed by atoms with van der Waals surface area (Å²) in [7, 11) is 2.03. The fourth-order valence-electron chi connectivity index (χ4n) is 3.42. The maximum absolute atomic E-state index is 5.37. The molecule has 1 fully saturated rings. The molecule has 0 saturated carbocycles. The largest absolute Gasteiger partial charge is 0.405 e. The molecule has 0 aliphatic carbocycles. The van der Waals surface area contributed by atoms with Gasteiger partial charge in [0.1, 0.15) is 0 Å². The molecule has 0 aromatic heterocycles. The molecule has 0 radical (unpaired) electrons. The first kappa shape index (κ1) is 20.0. The highest BCUT2D eigenvalue weighted by Crippen LogP contribution is 2.26. The molecule has 1 rings (SSSR count). The number of hydrogen-bond acceptors (Lipinski definition) is 3. The van der Waals surface area contributed by atoms with Crippen molar-refractivity contribution >= 4 is 0 Å². The van der Waals surface area contributed by atoms with Crippen molar-refractivity contribution in [3.63, 3.8) is 0 Å². The molecule has 3 nitrogen and oxygen atoms in total. The summed E-state index contributed by atoms with van der Waals surface area (Å²) in [5, 5.41) is 3.39. The van der Waals surface area contributed by atoms with Crippen LogP contribution in [0.25, 0.3) is 0 Å². The zero-order chi connectivity index (χ0) is 17.3. The SMILES string of the molecule is C=C(CN1CCC(CC(/C=C\C=C/N)NC)CC1)CC(C)(C)C. The van der Waals surface area contributed by atoms with Crippen molar-refractivity contribution in [1.82, 2.24) is 10.2 Å². The number of likely N-dealkylation sites (tertiary alicyclic amines) is 1. The lowest BCUT2D eigenvalue weighted by atomic mass is 9.87.